The van der Waals surface area contributed by atoms with Gasteiger partial charge in [0, 0.05) is 6.20 Å². The van der Waals surface area contributed by atoms with Crippen LogP contribution in [0.5, 0.6) is 0 Å². The Morgan fingerprint density at radius 1 is 1.08 bits per heavy atom. The molecule has 12 heavy (non-hydrogen) atoms. The molecule has 0 N–H and O–H groups in total. The molecule has 0 spiro atoms. The van der Waals surface area contributed by atoms with Crippen molar-refractivity contribution in [1.29, 1.82) is 0 Å². The predicted octanol–water partition coefficient (Wildman–Crippen LogP) is 2.18. The van der Waals surface area contributed by atoms with Crippen molar-refractivity contribution in [2.75, 3.05) is 0 Å². The second-order valence-electron chi connectivity index (χ2n) is 2.74. The molecule has 2 nitrogen and oxygen atoms in total. The first-order valence-electron chi connectivity index (χ1n) is 3.94. The quantitative estimate of drug-likeness (QED) is 0.622. The van der Waals surface area contributed by atoms with Gasteiger partial charge in [-0.1, -0.05) is 18.2 Å². The maximum absolute atomic E-state index is 4.30. The molecule has 2 aromatic rings. The Kier molecular flexibility index (Phi) is 1.67. The molecular formula is C10H10N2. The zero-order valence-electron chi connectivity index (χ0n) is 6.94. The summed E-state index contributed by atoms with van der Waals surface area (Å²) in [6.07, 6.45) is 1.96. The molecule has 0 radical (unpaired) electrons. The highest BCUT2D eigenvalue weighted by molar-refractivity contribution is 5.30. The van der Waals surface area contributed by atoms with E-state index in [4.69, 9.17) is 0 Å². The van der Waals surface area contributed by atoms with E-state index in [1.807, 2.05) is 54.2 Å². The normalized spacial score (nSPS) is 10.1. The predicted molar refractivity (Wildman–Crippen MR) is 48.3 cm³/mol. The van der Waals surface area contributed by atoms with Crippen LogP contribution in [0, 0.1) is 6.92 Å². The van der Waals surface area contributed by atoms with Crippen LogP contribution in [0.2, 0.25) is 0 Å². The van der Waals surface area contributed by atoms with Crippen molar-refractivity contribution in [3.63, 3.8) is 0 Å². The molecule has 0 fully saturated rings. The van der Waals surface area contributed by atoms with Crippen LogP contribution in [0.15, 0.2) is 42.6 Å². The second-order valence-corrected chi connectivity index (χ2v) is 2.74. The van der Waals surface area contributed by atoms with Gasteiger partial charge in [-0.2, -0.15) is 5.10 Å². The molecule has 60 valence electrons. The largest absolute Gasteiger partial charge is 0.241 e. The van der Waals surface area contributed by atoms with Crippen LogP contribution < -0.4 is 0 Å². The summed E-state index contributed by atoms with van der Waals surface area (Å²) in [6.45, 7) is 1.99. The first kappa shape index (κ1) is 7.10. The van der Waals surface area contributed by atoms with Gasteiger partial charge in [-0.15, -0.1) is 0 Å². The van der Waals surface area contributed by atoms with Crippen molar-refractivity contribution < 1.29 is 0 Å². The van der Waals surface area contributed by atoms with E-state index < -0.39 is 0 Å². The van der Waals surface area contributed by atoms with Crippen molar-refractivity contribution in [3.8, 4) is 5.69 Å². The fourth-order valence-electron chi connectivity index (χ4n) is 1.14. The molecule has 0 unspecified atom stereocenters. The van der Waals surface area contributed by atoms with Gasteiger partial charge in [-0.3, -0.25) is 0 Å². The van der Waals surface area contributed by atoms with Crippen molar-refractivity contribution >= 4 is 0 Å². The molecule has 0 aliphatic carbocycles. The Balaban J connectivity index is 2.45. The maximum Gasteiger partial charge on any atom is 0.0645 e. The van der Waals surface area contributed by atoms with E-state index in [9.17, 15) is 0 Å². The van der Waals surface area contributed by atoms with Crippen molar-refractivity contribution in [1.82, 2.24) is 9.78 Å². The molecule has 2 heteroatoms. The molecule has 1 heterocycles. The topological polar surface area (TPSA) is 17.8 Å². The lowest BCUT2D eigenvalue weighted by atomic mass is 10.3. The highest BCUT2D eigenvalue weighted by Gasteiger charge is 1.94. The van der Waals surface area contributed by atoms with E-state index in [1.54, 1.807) is 0 Å². The Morgan fingerprint density at radius 3 is 2.42 bits per heavy atom. The van der Waals surface area contributed by atoms with E-state index in [1.165, 1.54) is 0 Å². The van der Waals surface area contributed by atoms with Gasteiger partial charge in [0.05, 0.1) is 11.4 Å². The minimum Gasteiger partial charge on any atom is -0.241 e. The molecule has 1 aromatic carbocycles. The fourth-order valence-corrected chi connectivity index (χ4v) is 1.14. The minimum absolute atomic E-state index is 1.04. The van der Waals surface area contributed by atoms with Crippen LogP contribution in [0.3, 0.4) is 0 Å². The minimum atomic E-state index is 1.04. The fraction of sp³-hybridized carbons (Fsp3) is 0.100. The number of aryl methyl sites for hydroxylation is 1. The zero-order valence-corrected chi connectivity index (χ0v) is 6.94. The Morgan fingerprint density at radius 2 is 1.83 bits per heavy atom. The van der Waals surface area contributed by atoms with Crippen LogP contribution in [-0.2, 0) is 0 Å². The van der Waals surface area contributed by atoms with E-state index in [2.05, 4.69) is 5.10 Å². The summed E-state index contributed by atoms with van der Waals surface area (Å²) in [6, 6.07) is 12.1. The maximum atomic E-state index is 4.30. The molecule has 0 saturated carbocycles. The number of hydrogen-bond acceptors (Lipinski definition) is 1. The number of para-hydroxylation sites is 1. The summed E-state index contributed by atoms with van der Waals surface area (Å²) in [5.74, 6) is 0. The lowest BCUT2D eigenvalue weighted by Crippen LogP contribution is -1.93. The summed E-state index contributed by atoms with van der Waals surface area (Å²) in [5, 5.41) is 4.30. The first-order valence-corrected chi connectivity index (χ1v) is 3.94. The number of rotatable bonds is 1. The highest BCUT2D eigenvalue weighted by Crippen LogP contribution is 2.05. The van der Waals surface area contributed by atoms with Gasteiger partial charge in [0.2, 0.25) is 0 Å². The Labute approximate surface area is 71.5 Å². The second kappa shape index (κ2) is 2.81. The van der Waals surface area contributed by atoms with Crippen LogP contribution in [0.25, 0.3) is 5.69 Å². The summed E-state index contributed by atoms with van der Waals surface area (Å²) >= 11 is 0. The molecule has 1 aromatic heterocycles. The van der Waals surface area contributed by atoms with Gasteiger partial charge in [-0.05, 0) is 25.1 Å². The highest BCUT2D eigenvalue weighted by atomic mass is 15.3. The third kappa shape index (κ3) is 1.23. The molecule has 0 aliphatic rings. The van der Waals surface area contributed by atoms with E-state index >= 15 is 0 Å². The SMILES string of the molecule is Cc1ccn(-c2ccccc2)n1. The molecule has 0 aliphatic heterocycles. The summed E-state index contributed by atoms with van der Waals surface area (Å²) in [4.78, 5) is 0. The van der Waals surface area contributed by atoms with E-state index in [-0.39, 0.29) is 0 Å². The summed E-state index contributed by atoms with van der Waals surface area (Å²) in [7, 11) is 0. The molecule has 2 rings (SSSR count). The number of nitrogens with zero attached hydrogens (tertiary/aromatic N) is 2. The van der Waals surface area contributed by atoms with Gasteiger partial charge in [0.25, 0.3) is 0 Å². The lowest BCUT2D eigenvalue weighted by molar-refractivity contribution is 0.863. The standard InChI is InChI=1S/C10H10N2/c1-9-7-8-12(11-9)10-5-3-2-4-6-10/h2-8H,1H3. The number of benzene rings is 1. The lowest BCUT2D eigenvalue weighted by Gasteiger charge is -1.98. The average molecular weight is 158 g/mol. The van der Waals surface area contributed by atoms with E-state index in [0.717, 1.165) is 11.4 Å². The molecule has 0 saturated heterocycles. The molecular weight excluding hydrogens is 148 g/mol. The average Bonchev–Trinajstić information content (AvgIpc) is 2.54. The van der Waals surface area contributed by atoms with Gasteiger partial charge >= 0.3 is 0 Å². The number of aromatic nitrogens is 2. The Hall–Kier alpha value is -1.57. The Bertz CT molecular complexity index is 362. The van der Waals surface area contributed by atoms with Gasteiger partial charge in [0.15, 0.2) is 0 Å². The van der Waals surface area contributed by atoms with Gasteiger partial charge in [-0.25, -0.2) is 4.68 Å². The van der Waals surface area contributed by atoms with Crippen molar-refractivity contribution in [3.05, 3.63) is 48.3 Å². The molecule has 0 atom stereocenters. The molecule has 0 amide bonds. The van der Waals surface area contributed by atoms with Crippen LogP contribution >= 0.6 is 0 Å². The van der Waals surface area contributed by atoms with Crippen molar-refractivity contribution in [2.24, 2.45) is 0 Å². The summed E-state index contributed by atoms with van der Waals surface area (Å²) in [5.41, 5.74) is 2.14. The third-order valence-corrected chi connectivity index (χ3v) is 1.74. The van der Waals surface area contributed by atoms with Gasteiger partial charge in [0.1, 0.15) is 0 Å². The first-order chi connectivity index (χ1) is 5.86. The smallest absolute Gasteiger partial charge is 0.0645 e. The molecule has 0 bridgehead atoms. The third-order valence-electron chi connectivity index (χ3n) is 1.74. The number of hydrogen-bond donors (Lipinski definition) is 0. The van der Waals surface area contributed by atoms with Gasteiger partial charge < -0.3 is 0 Å². The van der Waals surface area contributed by atoms with Crippen LogP contribution in [0.4, 0.5) is 0 Å². The zero-order chi connectivity index (χ0) is 8.39. The summed E-state index contributed by atoms with van der Waals surface area (Å²) < 4.78 is 1.87. The monoisotopic (exact) mass is 158 g/mol. The van der Waals surface area contributed by atoms with Crippen molar-refractivity contribution in [2.45, 2.75) is 6.92 Å². The van der Waals surface area contributed by atoms with Crippen LogP contribution in [0.1, 0.15) is 5.69 Å². The van der Waals surface area contributed by atoms with Crippen LogP contribution in [-0.4, -0.2) is 9.78 Å². The van der Waals surface area contributed by atoms with E-state index in [0.29, 0.717) is 0 Å².